The lowest BCUT2D eigenvalue weighted by Gasteiger charge is -2.32. The average molecular weight is 344 g/mol. The van der Waals surface area contributed by atoms with Crippen molar-refractivity contribution in [1.29, 1.82) is 5.26 Å². The lowest BCUT2D eigenvalue weighted by atomic mass is 10.1. The molecule has 25 heavy (non-hydrogen) atoms. The molecule has 134 valence electrons. The number of hydrogen-bond donors (Lipinski definition) is 1. The predicted octanol–water partition coefficient (Wildman–Crippen LogP) is 0.927. The van der Waals surface area contributed by atoms with Gasteiger partial charge in [-0.1, -0.05) is 0 Å². The van der Waals surface area contributed by atoms with E-state index in [1.807, 2.05) is 31.7 Å². The van der Waals surface area contributed by atoms with Crippen molar-refractivity contribution < 1.29 is 9.59 Å². The van der Waals surface area contributed by atoms with E-state index in [-0.39, 0.29) is 23.4 Å². The highest BCUT2D eigenvalue weighted by Crippen LogP contribution is 2.25. The van der Waals surface area contributed by atoms with Crippen molar-refractivity contribution in [1.82, 2.24) is 24.9 Å². The van der Waals surface area contributed by atoms with Gasteiger partial charge in [-0.2, -0.15) is 10.4 Å². The minimum absolute atomic E-state index is 0.132. The van der Waals surface area contributed by atoms with Crippen LogP contribution in [0.1, 0.15) is 38.6 Å². The lowest BCUT2D eigenvalue weighted by molar-refractivity contribution is -0.131. The number of fused-ring (bicyclic) bond motifs is 1. The largest absolute Gasteiger partial charge is 0.338 e. The Labute approximate surface area is 147 Å². The second-order valence-corrected chi connectivity index (χ2v) is 7.71. The second kappa shape index (κ2) is 6.39. The Hall–Kier alpha value is -2.56. The van der Waals surface area contributed by atoms with Crippen molar-refractivity contribution in [2.45, 2.75) is 45.8 Å². The molecule has 8 nitrogen and oxygen atoms in total. The summed E-state index contributed by atoms with van der Waals surface area (Å²) in [5, 5.41) is 16.0. The normalized spacial score (nSPS) is 20.4. The molecule has 1 aromatic rings. The molecule has 3 amide bonds. The molecule has 1 saturated heterocycles. The van der Waals surface area contributed by atoms with Crippen LogP contribution in [0.25, 0.3) is 0 Å². The molecule has 3 rings (SSSR count). The van der Waals surface area contributed by atoms with Crippen LogP contribution in [0.4, 0.5) is 4.79 Å². The molecule has 3 heterocycles. The molecule has 0 radical (unpaired) electrons. The number of carbonyl (C=O) groups is 2. The molecular formula is C17H24N6O2. The molecule has 0 saturated carbocycles. The predicted molar refractivity (Wildman–Crippen MR) is 90.3 cm³/mol. The van der Waals surface area contributed by atoms with Gasteiger partial charge in [-0.05, 0) is 26.8 Å². The van der Waals surface area contributed by atoms with Crippen LogP contribution in [0.3, 0.4) is 0 Å². The summed E-state index contributed by atoms with van der Waals surface area (Å²) in [7, 11) is 0. The fraction of sp³-hybridized carbons (Fsp3) is 0.647. The lowest BCUT2D eigenvalue weighted by Crippen LogP contribution is -2.46. The Bertz CT molecular complexity index is 726. The topological polar surface area (TPSA) is 94.3 Å². The maximum atomic E-state index is 12.4. The van der Waals surface area contributed by atoms with Crippen molar-refractivity contribution >= 4 is 11.9 Å². The van der Waals surface area contributed by atoms with Gasteiger partial charge in [-0.25, -0.2) is 4.79 Å². The molecular weight excluding hydrogens is 320 g/mol. The molecule has 2 aliphatic heterocycles. The van der Waals surface area contributed by atoms with Crippen molar-refractivity contribution in [2.75, 3.05) is 19.6 Å². The van der Waals surface area contributed by atoms with Crippen molar-refractivity contribution in [3.05, 3.63) is 17.5 Å². The van der Waals surface area contributed by atoms with E-state index in [0.29, 0.717) is 44.8 Å². The number of amides is 3. The van der Waals surface area contributed by atoms with E-state index >= 15 is 0 Å². The number of nitrogens with zero attached hydrogens (tertiary/aromatic N) is 5. The molecule has 8 heteroatoms. The van der Waals surface area contributed by atoms with E-state index in [0.717, 1.165) is 5.69 Å². The van der Waals surface area contributed by atoms with Crippen LogP contribution in [0.15, 0.2) is 6.07 Å². The van der Waals surface area contributed by atoms with Gasteiger partial charge in [0.15, 0.2) is 5.69 Å². The zero-order valence-electron chi connectivity index (χ0n) is 14.9. The van der Waals surface area contributed by atoms with Crippen LogP contribution in [-0.2, 0) is 17.9 Å². The Balaban J connectivity index is 1.52. The van der Waals surface area contributed by atoms with E-state index in [1.165, 1.54) is 0 Å². The Kier molecular flexibility index (Phi) is 4.41. The van der Waals surface area contributed by atoms with Gasteiger partial charge in [0.25, 0.3) is 0 Å². The van der Waals surface area contributed by atoms with Gasteiger partial charge in [0.2, 0.25) is 5.91 Å². The van der Waals surface area contributed by atoms with Gasteiger partial charge in [0.1, 0.15) is 6.07 Å². The van der Waals surface area contributed by atoms with Gasteiger partial charge >= 0.3 is 6.03 Å². The summed E-state index contributed by atoms with van der Waals surface area (Å²) in [6.07, 6.45) is 0.482. The first-order valence-electron chi connectivity index (χ1n) is 8.58. The molecule has 1 atom stereocenters. The van der Waals surface area contributed by atoms with Gasteiger partial charge in [0.05, 0.1) is 18.8 Å². The Morgan fingerprint density at radius 1 is 1.44 bits per heavy atom. The van der Waals surface area contributed by atoms with E-state index in [1.54, 1.807) is 15.6 Å². The van der Waals surface area contributed by atoms with Crippen LogP contribution in [0.5, 0.6) is 0 Å². The van der Waals surface area contributed by atoms with E-state index in [2.05, 4.69) is 10.4 Å². The van der Waals surface area contributed by atoms with Crippen LogP contribution >= 0.6 is 0 Å². The monoisotopic (exact) mass is 344 g/mol. The van der Waals surface area contributed by atoms with E-state index in [4.69, 9.17) is 5.26 Å². The quantitative estimate of drug-likeness (QED) is 0.863. The standard InChI is InChI=1S/C17H24N6O2/c1-17(2,3)22-10-12(6-15(22)24)9-19-16(25)21-4-5-23-14(11-21)7-13(8-18)20-23/h7,12H,4-6,9-11H2,1-3H3,(H,19,25)/t12-/m1/s1. The van der Waals surface area contributed by atoms with Gasteiger partial charge in [0, 0.05) is 37.5 Å². The fourth-order valence-electron chi connectivity index (χ4n) is 3.40. The Morgan fingerprint density at radius 2 is 2.20 bits per heavy atom. The average Bonchev–Trinajstić information content (AvgIpc) is 3.14. The van der Waals surface area contributed by atoms with Crippen LogP contribution in [0, 0.1) is 17.2 Å². The summed E-state index contributed by atoms with van der Waals surface area (Å²) in [6.45, 7) is 8.84. The zero-order valence-corrected chi connectivity index (χ0v) is 14.9. The maximum absolute atomic E-state index is 12.4. The van der Waals surface area contributed by atoms with Gasteiger partial charge < -0.3 is 15.1 Å². The number of aromatic nitrogens is 2. The molecule has 0 spiro atoms. The number of hydrogen-bond acceptors (Lipinski definition) is 4. The molecule has 1 aromatic heterocycles. The van der Waals surface area contributed by atoms with Crippen molar-refractivity contribution in [2.24, 2.45) is 5.92 Å². The third-order valence-electron chi connectivity index (χ3n) is 4.76. The minimum atomic E-state index is -0.181. The SMILES string of the molecule is CC(C)(C)N1C[C@@H](CNC(=O)N2CCn3nc(C#N)cc3C2)CC1=O. The van der Waals surface area contributed by atoms with Gasteiger partial charge in [-0.15, -0.1) is 0 Å². The molecule has 1 N–H and O–H groups in total. The highest BCUT2D eigenvalue weighted by atomic mass is 16.2. The molecule has 0 bridgehead atoms. The summed E-state index contributed by atoms with van der Waals surface area (Å²) < 4.78 is 1.78. The smallest absolute Gasteiger partial charge is 0.317 e. The summed E-state index contributed by atoms with van der Waals surface area (Å²) in [5.41, 5.74) is 1.07. The number of urea groups is 1. The minimum Gasteiger partial charge on any atom is -0.338 e. The third kappa shape index (κ3) is 3.60. The number of nitrogens with one attached hydrogen (secondary N) is 1. The van der Waals surface area contributed by atoms with Crippen molar-refractivity contribution in [3.8, 4) is 6.07 Å². The number of rotatable bonds is 2. The first kappa shape index (κ1) is 17.3. The fourth-order valence-corrected chi connectivity index (χ4v) is 3.40. The first-order chi connectivity index (χ1) is 11.8. The third-order valence-corrected chi connectivity index (χ3v) is 4.76. The summed E-state index contributed by atoms with van der Waals surface area (Å²) >= 11 is 0. The summed E-state index contributed by atoms with van der Waals surface area (Å²) in [6, 6.07) is 3.61. The molecule has 0 unspecified atom stereocenters. The van der Waals surface area contributed by atoms with E-state index < -0.39 is 0 Å². The van der Waals surface area contributed by atoms with Crippen molar-refractivity contribution in [3.63, 3.8) is 0 Å². The summed E-state index contributed by atoms with van der Waals surface area (Å²) in [4.78, 5) is 28.1. The van der Waals surface area contributed by atoms with Crippen LogP contribution < -0.4 is 5.32 Å². The highest BCUT2D eigenvalue weighted by molar-refractivity contribution is 5.80. The number of carbonyl (C=O) groups excluding carboxylic acids is 2. The first-order valence-corrected chi connectivity index (χ1v) is 8.58. The maximum Gasteiger partial charge on any atom is 0.317 e. The molecule has 0 aliphatic carbocycles. The molecule has 1 fully saturated rings. The van der Waals surface area contributed by atoms with E-state index in [9.17, 15) is 9.59 Å². The number of likely N-dealkylation sites (tertiary alicyclic amines) is 1. The van der Waals surface area contributed by atoms with Gasteiger partial charge in [-0.3, -0.25) is 9.48 Å². The Morgan fingerprint density at radius 3 is 2.84 bits per heavy atom. The highest BCUT2D eigenvalue weighted by Gasteiger charge is 2.36. The number of nitriles is 1. The van der Waals surface area contributed by atoms with Crippen LogP contribution in [-0.4, -0.2) is 56.7 Å². The zero-order chi connectivity index (χ0) is 18.2. The molecule has 2 aliphatic rings. The van der Waals surface area contributed by atoms with Crippen LogP contribution in [0.2, 0.25) is 0 Å². The molecule has 0 aromatic carbocycles. The second-order valence-electron chi connectivity index (χ2n) is 7.71. The summed E-state index contributed by atoms with van der Waals surface area (Å²) in [5.74, 6) is 0.300.